The molecule has 0 unspecified atom stereocenters. The topological polar surface area (TPSA) is 85.6 Å². The zero-order valence-electron chi connectivity index (χ0n) is 16.1. The maximum absolute atomic E-state index is 11.9. The second kappa shape index (κ2) is 8.43. The second-order valence-electron chi connectivity index (χ2n) is 7.59. The minimum absolute atomic E-state index is 0.227. The Morgan fingerprint density at radius 3 is 2.93 bits per heavy atom. The Balaban J connectivity index is 1.35. The van der Waals surface area contributed by atoms with Crippen LogP contribution < -0.4 is 15.4 Å². The summed E-state index contributed by atoms with van der Waals surface area (Å²) in [5.74, 6) is 1.62. The summed E-state index contributed by atoms with van der Waals surface area (Å²) in [6.45, 7) is 7.92. The number of rotatable bonds is 7. The van der Waals surface area contributed by atoms with Crippen LogP contribution >= 0.6 is 0 Å². The minimum Gasteiger partial charge on any atom is -0.493 e. The van der Waals surface area contributed by atoms with Gasteiger partial charge in [0.2, 0.25) is 0 Å². The van der Waals surface area contributed by atoms with Gasteiger partial charge in [-0.2, -0.15) is 0 Å². The summed E-state index contributed by atoms with van der Waals surface area (Å²) in [7, 11) is 0. The third-order valence-electron chi connectivity index (χ3n) is 4.14. The molecule has 1 aliphatic rings. The molecule has 27 heavy (non-hydrogen) atoms. The zero-order valence-corrected chi connectivity index (χ0v) is 16.1. The van der Waals surface area contributed by atoms with Gasteiger partial charge in [0.25, 0.3) is 0 Å². The lowest BCUT2D eigenvalue weighted by molar-refractivity contribution is -0.0241. The number of ether oxygens (including phenoxy) is 2. The van der Waals surface area contributed by atoms with Gasteiger partial charge in [0.05, 0.1) is 18.8 Å². The SMILES string of the molecule is CC(C)(C)OCc1cc(CNC(=O)NCCc2ccc3c(c2)CCO3)no1. The first-order valence-corrected chi connectivity index (χ1v) is 9.24. The fourth-order valence-electron chi connectivity index (χ4n) is 2.74. The molecule has 7 heteroatoms. The van der Waals surface area contributed by atoms with Gasteiger partial charge >= 0.3 is 6.03 Å². The lowest BCUT2D eigenvalue weighted by atomic mass is 10.1. The van der Waals surface area contributed by atoms with Crippen molar-refractivity contribution in [1.29, 1.82) is 0 Å². The first-order valence-electron chi connectivity index (χ1n) is 9.24. The Morgan fingerprint density at radius 1 is 1.26 bits per heavy atom. The van der Waals surface area contributed by atoms with E-state index in [0.717, 1.165) is 25.2 Å². The Labute approximate surface area is 159 Å². The van der Waals surface area contributed by atoms with Gasteiger partial charge in [0, 0.05) is 19.0 Å². The third kappa shape index (κ3) is 5.99. The number of amides is 2. The van der Waals surface area contributed by atoms with E-state index in [-0.39, 0.29) is 11.6 Å². The zero-order chi connectivity index (χ0) is 19.3. The molecule has 0 bridgehead atoms. The molecule has 0 spiro atoms. The molecule has 1 aliphatic heterocycles. The van der Waals surface area contributed by atoms with E-state index >= 15 is 0 Å². The van der Waals surface area contributed by atoms with E-state index in [1.165, 1.54) is 11.1 Å². The molecule has 0 atom stereocenters. The van der Waals surface area contributed by atoms with Crippen molar-refractivity contribution in [1.82, 2.24) is 15.8 Å². The first kappa shape index (κ1) is 19.2. The number of aromatic nitrogens is 1. The van der Waals surface area contributed by atoms with Gasteiger partial charge in [-0.05, 0) is 44.4 Å². The predicted molar refractivity (Wildman–Crippen MR) is 101 cm³/mol. The Kier molecular flexibility index (Phi) is 6.01. The number of hydrogen-bond acceptors (Lipinski definition) is 5. The largest absolute Gasteiger partial charge is 0.493 e. The van der Waals surface area contributed by atoms with Gasteiger partial charge in [0.1, 0.15) is 18.1 Å². The quantitative estimate of drug-likeness (QED) is 0.779. The van der Waals surface area contributed by atoms with Crippen molar-refractivity contribution in [2.75, 3.05) is 13.2 Å². The molecule has 7 nitrogen and oxygen atoms in total. The summed E-state index contributed by atoms with van der Waals surface area (Å²) in [5, 5.41) is 9.58. The van der Waals surface area contributed by atoms with E-state index in [4.69, 9.17) is 14.0 Å². The number of nitrogens with one attached hydrogen (secondary N) is 2. The maximum Gasteiger partial charge on any atom is 0.315 e. The van der Waals surface area contributed by atoms with Crippen molar-refractivity contribution in [3.63, 3.8) is 0 Å². The first-order chi connectivity index (χ1) is 12.9. The van der Waals surface area contributed by atoms with Gasteiger partial charge in [-0.25, -0.2) is 4.79 Å². The van der Waals surface area contributed by atoms with Crippen molar-refractivity contribution >= 4 is 6.03 Å². The normalized spacial score (nSPS) is 13.1. The number of carbonyl (C=O) groups excluding carboxylic acids is 1. The average molecular weight is 373 g/mol. The molecule has 0 saturated heterocycles. The smallest absolute Gasteiger partial charge is 0.315 e. The fourth-order valence-corrected chi connectivity index (χ4v) is 2.74. The van der Waals surface area contributed by atoms with Gasteiger partial charge in [-0.1, -0.05) is 17.3 Å². The highest BCUT2D eigenvalue weighted by molar-refractivity contribution is 5.73. The number of urea groups is 1. The summed E-state index contributed by atoms with van der Waals surface area (Å²) in [4.78, 5) is 11.9. The molecule has 2 heterocycles. The molecule has 2 N–H and O–H groups in total. The van der Waals surface area contributed by atoms with Crippen LogP contribution in [0.2, 0.25) is 0 Å². The summed E-state index contributed by atoms with van der Waals surface area (Å²) >= 11 is 0. The van der Waals surface area contributed by atoms with Crippen LogP contribution in [0.5, 0.6) is 5.75 Å². The number of nitrogens with zero attached hydrogens (tertiary/aromatic N) is 1. The summed E-state index contributed by atoms with van der Waals surface area (Å²) in [5.41, 5.74) is 2.86. The Bertz CT molecular complexity index is 780. The highest BCUT2D eigenvalue weighted by Gasteiger charge is 2.14. The van der Waals surface area contributed by atoms with E-state index in [0.29, 0.717) is 31.2 Å². The van der Waals surface area contributed by atoms with Crippen molar-refractivity contribution < 1.29 is 18.8 Å². The summed E-state index contributed by atoms with van der Waals surface area (Å²) in [6, 6.07) is 7.76. The van der Waals surface area contributed by atoms with Crippen molar-refractivity contribution in [3.05, 3.63) is 46.8 Å². The van der Waals surface area contributed by atoms with E-state index in [9.17, 15) is 4.79 Å². The van der Waals surface area contributed by atoms with E-state index in [2.05, 4.69) is 21.9 Å². The molecular weight excluding hydrogens is 346 g/mol. The number of hydrogen-bond donors (Lipinski definition) is 2. The van der Waals surface area contributed by atoms with Crippen molar-refractivity contribution in [2.24, 2.45) is 0 Å². The van der Waals surface area contributed by atoms with E-state index in [1.807, 2.05) is 32.9 Å². The highest BCUT2D eigenvalue weighted by atomic mass is 16.5. The Hall–Kier alpha value is -2.54. The number of benzene rings is 1. The van der Waals surface area contributed by atoms with Crippen LogP contribution in [0.25, 0.3) is 0 Å². The average Bonchev–Trinajstić information content (AvgIpc) is 3.26. The van der Waals surface area contributed by atoms with Crippen LogP contribution in [0.1, 0.15) is 43.4 Å². The molecule has 0 fully saturated rings. The molecule has 0 aliphatic carbocycles. The fraction of sp³-hybridized carbons (Fsp3) is 0.500. The van der Waals surface area contributed by atoms with Crippen LogP contribution in [0.15, 0.2) is 28.8 Å². The molecule has 146 valence electrons. The van der Waals surface area contributed by atoms with Crippen LogP contribution in [0, 0.1) is 0 Å². The highest BCUT2D eigenvalue weighted by Crippen LogP contribution is 2.25. The molecule has 2 amide bonds. The third-order valence-corrected chi connectivity index (χ3v) is 4.14. The summed E-state index contributed by atoms with van der Waals surface area (Å²) < 4.78 is 16.3. The molecule has 2 aromatic rings. The molecule has 3 rings (SSSR count). The standard InChI is InChI=1S/C20H27N3O4/c1-20(2,3)26-13-17-11-16(23-27-17)12-22-19(24)21-8-6-14-4-5-18-15(10-14)7-9-25-18/h4-5,10-11H,6-9,12-13H2,1-3H3,(H2,21,22,24). The lowest BCUT2D eigenvalue weighted by Crippen LogP contribution is -2.36. The minimum atomic E-state index is -0.239. The van der Waals surface area contributed by atoms with E-state index in [1.54, 1.807) is 6.07 Å². The molecule has 0 radical (unpaired) electrons. The van der Waals surface area contributed by atoms with Crippen molar-refractivity contribution in [2.45, 2.75) is 52.4 Å². The van der Waals surface area contributed by atoms with E-state index < -0.39 is 0 Å². The van der Waals surface area contributed by atoms with Crippen molar-refractivity contribution in [3.8, 4) is 5.75 Å². The molecule has 1 aromatic carbocycles. The van der Waals surface area contributed by atoms with Crippen LogP contribution in [0.3, 0.4) is 0 Å². The number of fused-ring (bicyclic) bond motifs is 1. The molecule has 0 saturated carbocycles. The number of carbonyl (C=O) groups is 1. The van der Waals surface area contributed by atoms with Gasteiger partial charge < -0.3 is 24.6 Å². The van der Waals surface area contributed by atoms with Crippen LogP contribution in [0.4, 0.5) is 4.79 Å². The van der Waals surface area contributed by atoms with Gasteiger partial charge in [-0.15, -0.1) is 0 Å². The second-order valence-corrected chi connectivity index (χ2v) is 7.59. The maximum atomic E-state index is 11.9. The van der Waals surface area contributed by atoms with Crippen LogP contribution in [-0.2, 0) is 30.7 Å². The van der Waals surface area contributed by atoms with Gasteiger partial charge in [0.15, 0.2) is 5.76 Å². The summed E-state index contributed by atoms with van der Waals surface area (Å²) in [6.07, 6.45) is 1.73. The predicted octanol–water partition coefficient (Wildman–Crippen LogP) is 2.97. The Morgan fingerprint density at radius 2 is 2.11 bits per heavy atom. The molecular formula is C20H27N3O4. The lowest BCUT2D eigenvalue weighted by Gasteiger charge is -2.17. The van der Waals surface area contributed by atoms with Crippen LogP contribution in [-0.4, -0.2) is 29.9 Å². The monoisotopic (exact) mass is 373 g/mol. The van der Waals surface area contributed by atoms with Gasteiger partial charge in [-0.3, -0.25) is 0 Å². The molecule has 1 aromatic heterocycles.